The Morgan fingerprint density at radius 1 is 1.17 bits per heavy atom. The van der Waals surface area contributed by atoms with Crippen LogP contribution >= 0.6 is 0 Å². The molecule has 0 bridgehead atoms. The van der Waals surface area contributed by atoms with Gasteiger partial charge < -0.3 is 14.4 Å². The van der Waals surface area contributed by atoms with E-state index in [0.717, 1.165) is 22.2 Å². The lowest BCUT2D eigenvalue weighted by molar-refractivity contribution is 0.0697. The van der Waals surface area contributed by atoms with Gasteiger partial charge in [0, 0.05) is 23.1 Å². The van der Waals surface area contributed by atoms with Crippen LogP contribution in [0.1, 0.15) is 28.5 Å². The summed E-state index contributed by atoms with van der Waals surface area (Å²) in [5, 5.41) is 10.4. The SMILES string of the molecule is CCc1c(C(=O)O)c2cc(OC)ccc2n1Cc1ccccc1. The second-order valence-corrected chi connectivity index (χ2v) is 5.44. The van der Waals surface area contributed by atoms with Crippen molar-refractivity contribution in [3.05, 3.63) is 65.4 Å². The van der Waals surface area contributed by atoms with Crippen molar-refractivity contribution in [1.29, 1.82) is 0 Å². The fourth-order valence-electron chi connectivity index (χ4n) is 3.07. The number of aromatic nitrogens is 1. The minimum absolute atomic E-state index is 0.373. The van der Waals surface area contributed by atoms with E-state index in [0.29, 0.717) is 24.3 Å². The number of nitrogens with zero attached hydrogens (tertiary/aromatic N) is 1. The highest BCUT2D eigenvalue weighted by atomic mass is 16.5. The molecular weight excluding hydrogens is 290 g/mol. The van der Waals surface area contributed by atoms with Crippen molar-refractivity contribution in [2.45, 2.75) is 19.9 Å². The van der Waals surface area contributed by atoms with Gasteiger partial charge in [0.1, 0.15) is 5.75 Å². The van der Waals surface area contributed by atoms with Crippen molar-refractivity contribution in [3.63, 3.8) is 0 Å². The molecule has 0 aliphatic heterocycles. The summed E-state index contributed by atoms with van der Waals surface area (Å²) in [6, 6.07) is 15.7. The Hall–Kier alpha value is -2.75. The Labute approximate surface area is 134 Å². The van der Waals surface area contributed by atoms with E-state index in [4.69, 9.17) is 4.74 Å². The first-order valence-electron chi connectivity index (χ1n) is 7.62. The first-order chi connectivity index (χ1) is 11.2. The van der Waals surface area contributed by atoms with E-state index >= 15 is 0 Å². The third kappa shape index (κ3) is 2.68. The smallest absolute Gasteiger partial charge is 0.338 e. The number of ether oxygens (including phenoxy) is 1. The van der Waals surface area contributed by atoms with Crippen LogP contribution in [0.3, 0.4) is 0 Å². The molecule has 3 aromatic rings. The molecule has 23 heavy (non-hydrogen) atoms. The first kappa shape index (κ1) is 15.2. The van der Waals surface area contributed by atoms with Gasteiger partial charge in [-0.3, -0.25) is 0 Å². The van der Waals surface area contributed by atoms with Crippen LogP contribution in [0, 0.1) is 0 Å². The molecule has 0 atom stereocenters. The summed E-state index contributed by atoms with van der Waals surface area (Å²) < 4.78 is 7.35. The molecule has 0 amide bonds. The Morgan fingerprint density at radius 3 is 2.52 bits per heavy atom. The van der Waals surface area contributed by atoms with E-state index in [1.165, 1.54) is 0 Å². The van der Waals surface area contributed by atoms with Crippen LogP contribution in [0.5, 0.6) is 5.75 Å². The number of carboxylic acid groups (broad SMARTS) is 1. The lowest BCUT2D eigenvalue weighted by Crippen LogP contribution is -2.07. The Balaban J connectivity index is 2.25. The van der Waals surface area contributed by atoms with Crippen LogP contribution in [0.15, 0.2) is 48.5 Å². The van der Waals surface area contributed by atoms with Crippen molar-refractivity contribution >= 4 is 16.9 Å². The van der Waals surface area contributed by atoms with Crippen LogP contribution in [-0.4, -0.2) is 22.8 Å². The molecule has 3 rings (SSSR count). The van der Waals surface area contributed by atoms with E-state index in [1.807, 2.05) is 37.3 Å². The molecule has 1 N–H and O–H groups in total. The Kier molecular flexibility index (Phi) is 4.06. The maximum Gasteiger partial charge on any atom is 0.338 e. The predicted octanol–water partition coefficient (Wildman–Crippen LogP) is 3.96. The number of methoxy groups -OCH3 is 1. The maximum atomic E-state index is 11.8. The highest BCUT2D eigenvalue weighted by Gasteiger charge is 2.21. The molecule has 1 aromatic heterocycles. The lowest BCUT2D eigenvalue weighted by Gasteiger charge is -2.10. The van der Waals surface area contributed by atoms with E-state index in [2.05, 4.69) is 16.7 Å². The number of fused-ring (bicyclic) bond motifs is 1. The summed E-state index contributed by atoms with van der Waals surface area (Å²) in [7, 11) is 1.59. The zero-order valence-corrected chi connectivity index (χ0v) is 13.2. The van der Waals surface area contributed by atoms with Gasteiger partial charge in [-0.2, -0.15) is 0 Å². The van der Waals surface area contributed by atoms with Gasteiger partial charge in [0.2, 0.25) is 0 Å². The fraction of sp³-hybridized carbons (Fsp3) is 0.211. The van der Waals surface area contributed by atoms with Crippen molar-refractivity contribution in [2.24, 2.45) is 0 Å². The number of aromatic carboxylic acids is 1. The molecule has 0 spiro atoms. The normalized spacial score (nSPS) is 10.9. The van der Waals surface area contributed by atoms with E-state index in [9.17, 15) is 9.90 Å². The van der Waals surface area contributed by atoms with Gasteiger partial charge in [-0.05, 0) is 30.2 Å². The van der Waals surface area contributed by atoms with Gasteiger partial charge in [0.15, 0.2) is 0 Å². The summed E-state index contributed by atoms with van der Waals surface area (Å²) in [5.41, 5.74) is 3.28. The fourth-order valence-corrected chi connectivity index (χ4v) is 3.07. The predicted molar refractivity (Wildman–Crippen MR) is 90.4 cm³/mol. The molecule has 0 saturated carbocycles. The number of hydrogen-bond acceptors (Lipinski definition) is 2. The van der Waals surface area contributed by atoms with Crippen molar-refractivity contribution < 1.29 is 14.6 Å². The molecule has 0 fully saturated rings. The number of benzene rings is 2. The largest absolute Gasteiger partial charge is 0.497 e. The topological polar surface area (TPSA) is 51.5 Å². The highest BCUT2D eigenvalue weighted by molar-refractivity contribution is 6.05. The molecule has 4 nitrogen and oxygen atoms in total. The summed E-state index contributed by atoms with van der Waals surface area (Å²) in [5.74, 6) is -0.230. The highest BCUT2D eigenvalue weighted by Crippen LogP contribution is 2.31. The molecule has 2 aromatic carbocycles. The molecule has 0 radical (unpaired) electrons. The van der Waals surface area contributed by atoms with E-state index in [-0.39, 0.29) is 0 Å². The minimum Gasteiger partial charge on any atom is -0.497 e. The quantitative estimate of drug-likeness (QED) is 0.776. The number of hydrogen-bond donors (Lipinski definition) is 1. The second-order valence-electron chi connectivity index (χ2n) is 5.44. The second kappa shape index (κ2) is 6.16. The molecule has 118 valence electrons. The van der Waals surface area contributed by atoms with Crippen molar-refractivity contribution in [3.8, 4) is 5.75 Å². The monoisotopic (exact) mass is 309 g/mol. The third-order valence-electron chi connectivity index (χ3n) is 4.11. The van der Waals surface area contributed by atoms with Gasteiger partial charge in [0.25, 0.3) is 0 Å². The van der Waals surface area contributed by atoms with Crippen LogP contribution in [0.25, 0.3) is 10.9 Å². The van der Waals surface area contributed by atoms with Gasteiger partial charge in [-0.1, -0.05) is 37.3 Å². The standard InChI is InChI=1S/C19H19NO3/c1-3-16-18(19(21)22)15-11-14(23-2)9-10-17(15)20(16)12-13-7-5-4-6-8-13/h4-11H,3,12H2,1-2H3,(H,21,22). The molecule has 0 aliphatic carbocycles. The molecule has 0 unspecified atom stereocenters. The number of carbonyl (C=O) groups is 1. The average Bonchev–Trinajstić information content (AvgIpc) is 2.88. The van der Waals surface area contributed by atoms with Crippen molar-refractivity contribution in [2.75, 3.05) is 7.11 Å². The van der Waals surface area contributed by atoms with Crippen molar-refractivity contribution in [1.82, 2.24) is 4.57 Å². The molecular formula is C19H19NO3. The van der Waals surface area contributed by atoms with Gasteiger partial charge in [-0.25, -0.2) is 4.79 Å². The van der Waals surface area contributed by atoms with Crippen LogP contribution in [0.4, 0.5) is 0 Å². The van der Waals surface area contributed by atoms with Crippen LogP contribution in [-0.2, 0) is 13.0 Å². The Morgan fingerprint density at radius 2 is 1.91 bits per heavy atom. The summed E-state index contributed by atoms with van der Waals surface area (Å²) in [6.07, 6.45) is 0.658. The Bertz CT molecular complexity index is 850. The molecule has 0 aliphatic rings. The van der Waals surface area contributed by atoms with Gasteiger partial charge >= 0.3 is 5.97 Å². The maximum absolute atomic E-state index is 11.8. The number of rotatable bonds is 5. The molecule has 4 heteroatoms. The number of carboxylic acids is 1. The minimum atomic E-state index is -0.896. The van der Waals surface area contributed by atoms with Gasteiger partial charge in [0.05, 0.1) is 12.7 Å². The zero-order chi connectivity index (χ0) is 16.4. The summed E-state index contributed by atoms with van der Waals surface area (Å²) in [6.45, 7) is 2.64. The molecule has 1 heterocycles. The van der Waals surface area contributed by atoms with Crippen LogP contribution in [0.2, 0.25) is 0 Å². The third-order valence-corrected chi connectivity index (χ3v) is 4.11. The van der Waals surface area contributed by atoms with E-state index in [1.54, 1.807) is 13.2 Å². The molecule has 0 saturated heterocycles. The van der Waals surface area contributed by atoms with Crippen LogP contribution < -0.4 is 4.74 Å². The summed E-state index contributed by atoms with van der Waals surface area (Å²) >= 11 is 0. The average molecular weight is 309 g/mol. The summed E-state index contributed by atoms with van der Waals surface area (Å²) in [4.78, 5) is 11.8. The lowest BCUT2D eigenvalue weighted by atomic mass is 10.1. The first-order valence-corrected chi connectivity index (χ1v) is 7.62. The van der Waals surface area contributed by atoms with E-state index < -0.39 is 5.97 Å². The zero-order valence-electron chi connectivity index (χ0n) is 13.2. The van der Waals surface area contributed by atoms with Gasteiger partial charge in [-0.15, -0.1) is 0 Å².